The lowest BCUT2D eigenvalue weighted by Gasteiger charge is -2.10. The molecule has 0 unspecified atom stereocenters. The Morgan fingerprint density at radius 2 is 2.00 bits per heavy atom. The number of hydrogen-bond donors (Lipinski definition) is 1. The van der Waals surface area contributed by atoms with Crippen molar-refractivity contribution in [2.75, 3.05) is 5.32 Å². The summed E-state index contributed by atoms with van der Waals surface area (Å²) >= 11 is 0. The smallest absolute Gasteiger partial charge is 0.319 e. The van der Waals surface area contributed by atoms with Crippen LogP contribution in [-0.4, -0.2) is 15.7 Å². The van der Waals surface area contributed by atoms with E-state index in [9.17, 15) is 22.4 Å². The fourth-order valence-electron chi connectivity index (χ4n) is 1.79. The van der Waals surface area contributed by atoms with Gasteiger partial charge >= 0.3 is 6.18 Å². The van der Waals surface area contributed by atoms with E-state index in [0.29, 0.717) is 29.6 Å². The average molecular weight is 301 g/mol. The third-order valence-corrected chi connectivity index (χ3v) is 2.80. The minimum absolute atomic E-state index is 0.305. The zero-order valence-electron chi connectivity index (χ0n) is 11.1. The molecule has 1 aromatic carbocycles. The van der Waals surface area contributed by atoms with Crippen LogP contribution in [0.1, 0.15) is 21.6 Å². The van der Waals surface area contributed by atoms with E-state index < -0.39 is 29.0 Å². The molecule has 0 atom stereocenters. The van der Waals surface area contributed by atoms with Gasteiger partial charge in [0, 0.05) is 13.2 Å². The molecule has 1 heterocycles. The van der Waals surface area contributed by atoms with Gasteiger partial charge in [-0.2, -0.15) is 18.3 Å². The highest BCUT2D eigenvalue weighted by atomic mass is 19.4. The molecule has 1 amide bonds. The maximum atomic E-state index is 13.6. The molecule has 0 aliphatic rings. The normalized spacial score (nSPS) is 11.5. The minimum atomic E-state index is -4.65. The molecule has 2 rings (SSSR count). The van der Waals surface area contributed by atoms with Crippen LogP contribution >= 0.6 is 0 Å². The molecule has 0 spiro atoms. The van der Waals surface area contributed by atoms with Gasteiger partial charge < -0.3 is 5.32 Å². The lowest BCUT2D eigenvalue weighted by Crippen LogP contribution is -2.16. The van der Waals surface area contributed by atoms with Gasteiger partial charge in [0.1, 0.15) is 5.82 Å². The van der Waals surface area contributed by atoms with E-state index in [0.717, 1.165) is 0 Å². The summed E-state index contributed by atoms with van der Waals surface area (Å²) in [6.07, 6.45) is -3.17. The summed E-state index contributed by atoms with van der Waals surface area (Å²) in [6, 6.07) is 1.69. The molecule has 0 saturated heterocycles. The maximum Gasteiger partial charge on any atom is 0.416 e. The second-order valence-corrected chi connectivity index (χ2v) is 4.45. The first-order chi connectivity index (χ1) is 9.68. The van der Waals surface area contributed by atoms with Crippen LogP contribution in [0.25, 0.3) is 0 Å². The Hall–Kier alpha value is -2.38. The van der Waals surface area contributed by atoms with Crippen LogP contribution in [0.4, 0.5) is 23.2 Å². The lowest BCUT2D eigenvalue weighted by molar-refractivity contribution is -0.137. The molecule has 112 valence electrons. The van der Waals surface area contributed by atoms with Gasteiger partial charge in [-0.15, -0.1) is 0 Å². The molecule has 0 radical (unpaired) electrons. The number of alkyl halides is 3. The van der Waals surface area contributed by atoms with Gasteiger partial charge in [0.05, 0.1) is 22.5 Å². The highest BCUT2D eigenvalue weighted by molar-refractivity contribution is 6.04. The number of hydrogen-bond acceptors (Lipinski definition) is 2. The second kappa shape index (κ2) is 5.19. The van der Waals surface area contributed by atoms with Crippen LogP contribution in [0.5, 0.6) is 0 Å². The summed E-state index contributed by atoms with van der Waals surface area (Å²) in [7, 11) is 1.62. The molecular formula is C13H11F4N3O. The topological polar surface area (TPSA) is 46.9 Å². The number of nitrogens with one attached hydrogen (secondary N) is 1. The van der Waals surface area contributed by atoms with E-state index in [4.69, 9.17) is 0 Å². The van der Waals surface area contributed by atoms with E-state index in [-0.39, 0.29) is 0 Å². The highest BCUT2D eigenvalue weighted by Gasteiger charge is 2.32. The number of rotatable bonds is 2. The van der Waals surface area contributed by atoms with Crippen LogP contribution < -0.4 is 5.32 Å². The molecule has 1 aromatic heterocycles. The molecule has 0 bridgehead atoms. The highest BCUT2D eigenvalue weighted by Crippen LogP contribution is 2.30. The summed E-state index contributed by atoms with van der Waals surface area (Å²) in [6.45, 7) is 1.61. The summed E-state index contributed by atoms with van der Waals surface area (Å²) in [4.78, 5) is 11.9. The standard InChI is InChI=1S/C13H11F4N3O/c1-7-11(6-20(2)19-7)18-12(21)9-5-8(13(15,16)17)3-4-10(9)14/h3-6H,1-2H3,(H,18,21). The first-order valence-corrected chi connectivity index (χ1v) is 5.87. The number of anilines is 1. The first-order valence-electron chi connectivity index (χ1n) is 5.87. The van der Waals surface area contributed by atoms with Gasteiger partial charge in [-0.3, -0.25) is 9.48 Å². The zero-order valence-corrected chi connectivity index (χ0v) is 11.1. The van der Waals surface area contributed by atoms with Crippen LogP contribution in [-0.2, 0) is 13.2 Å². The predicted octanol–water partition coefficient (Wildman–Crippen LogP) is 3.14. The van der Waals surface area contributed by atoms with Crippen molar-refractivity contribution in [2.24, 2.45) is 7.05 Å². The zero-order chi connectivity index (χ0) is 15.8. The molecular weight excluding hydrogens is 290 g/mol. The van der Waals surface area contributed by atoms with Crippen molar-refractivity contribution >= 4 is 11.6 Å². The van der Waals surface area contributed by atoms with Crippen molar-refractivity contribution in [3.05, 3.63) is 47.0 Å². The molecule has 0 fully saturated rings. The third-order valence-electron chi connectivity index (χ3n) is 2.80. The summed E-state index contributed by atoms with van der Waals surface area (Å²) < 4.78 is 52.8. The molecule has 2 aromatic rings. The number of nitrogens with zero attached hydrogens (tertiary/aromatic N) is 2. The molecule has 8 heteroatoms. The van der Waals surface area contributed by atoms with Gasteiger partial charge in [0.25, 0.3) is 5.91 Å². The molecule has 1 N–H and O–H groups in total. The van der Waals surface area contributed by atoms with Crippen molar-refractivity contribution in [2.45, 2.75) is 13.1 Å². The van der Waals surface area contributed by atoms with Crippen molar-refractivity contribution in [1.82, 2.24) is 9.78 Å². The molecule has 0 aliphatic carbocycles. The van der Waals surface area contributed by atoms with Crippen LogP contribution in [0.2, 0.25) is 0 Å². The molecule has 21 heavy (non-hydrogen) atoms. The van der Waals surface area contributed by atoms with Crippen molar-refractivity contribution in [1.29, 1.82) is 0 Å². The summed E-state index contributed by atoms with van der Waals surface area (Å²) in [5.74, 6) is -1.99. The Morgan fingerprint density at radius 1 is 1.33 bits per heavy atom. The number of aromatic nitrogens is 2. The number of benzene rings is 1. The van der Waals surface area contributed by atoms with Gasteiger partial charge in [-0.25, -0.2) is 4.39 Å². The fourth-order valence-corrected chi connectivity index (χ4v) is 1.79. The van der Waals surface area contributed by atoms with E-state index in [1.54, 1.807) is 14.0 Å². The Balaban J connectivity index is 2.33. The number of halogens is 4. The second-order valence-electron chi connectivity index (χ2n) is 4.45. The monoisotopic (exact) mass is 301 g/mol. The van der Waals surface area contributed by atoms with Crippen molar-refractivity contribution in [3.63, 3.8) is 0 Å². The van der Waals surface area contributed by atoms with Crippen molar-refractivity contribution in [3.8, 4) is 0 Å². The number of amides is 1. The van der Waals surface area contributed by atoms with E-state index >= 15 is 0 Å². The maximum absolute atomic E-state index is 13.6. The Labute approximate surface area is 117 Å². The largest absolute Gasteiger partial charge is 0.416 e. The summed E-state index contributed by atoms with van der Waals surface area (Å²) in [5, 5.41) is 6.30. The van der Waals surface area contributed by atoms with Crippen LogP contribution in [0.3, 0.4) is 0 Å². The Bertz CT molecular complexity index is 691. The van der Waals surface area contributed by atoms with E-state index in [1.165, 1.54) is 10.9 Å². The summed E-state index contributed by atoms with van der Waals surface area (Å²) in [5.41, 5.74) is -0.984. The van der Waals surface area contributed by atoms with Gasteiger partial charge in [0.2, 0.25) is 0 Å². The molecule has 0 saturated carbocycles. The van der Waals surface area contributed by atoms with Gasteiger partial charge in [-0.05, 0) is 25.1 Å². The molecule has 0 aliphatic heterocycles. The third kappa shape index (κ3) is 3.21. The van der Waals surface area contributed by atoms with Gasteiger partial charge in [0.15, 0.2) is 0 Å². The fraction of sp³-hybridized carbons (Fsp3) is 0.231. The number of carbonyl (C=O) groups excluding carboxylic acids is 1. The lowest BCUT2D eigenvalue weighted by atomic mass is 10.1. The first kappa shape index (κ1) is 15.0. The minimum Gasteiger partial charge on any atom is -0.319 e. The quantitative estimate of drug-likeness (QED) is 0.866. The van der Waals surface area contributed by atoms with Crippen LogP contribution in [0.15, 0.2) is 24.4 Å². The Morgan fingerprint density at radius 3 is 2.52 bits per heavy atom. The Kier molecular flexibility index (Phi) is 3.71. The number of aryl methyl sites for hydroxylation is 2. The van der Waals surface area contributed by atoms with Crippen LogP contribution in [0, 0.1) is 12.7 Å². The number of carbonyl (C=O) groups is 1. The average Bonchev–Trinajstić information content (AvgIpc) is 2.66. The van der Waals surface area contributed by atoms with Gasteiger partial charge in [-0.1, -0.05) is 0 Å². The van der Waals surface area contributed by atoms with E-state index in [1.807, 2.05) is 0 Å². The predicted molar refractivity (Wildman–Crippen MR) is 67.3 cm³/mol. The van der Waals surface area contributed by atoms with Crippen molar-refractivity contribution < 1.29 is 22.4 Å². The molecule has 4 nitrogen and oxygen atoms in total. The van der Waals surface area contributed by atoms with E-state index in [2.05, 4.69) is 10.4 Å². The SMILES string of the molecule is Cc1nn(C)cc1NC(=O)c1cc(C(F)(F)F)ccc1F.